The fourth-order valence-corrected chi connectivity index (χ4v) is 1.70. The molecule has 0 atom stereocenters. The van der Waals surface area contributed by atoms with Crippen molar-refractivity contribution in [3.05, 3.63) is 28.2 Å². The third-order valence-electron chi connectivity index (χ3n) is 2.72. The van der Waals surface area contributed by atoms with E-state index in [0.717, 1.165) is 6.07 Å². The van der Waals surface area contributed by atoms with Crippen molar-refractivity contribution in [2.75, 3.05) is 5.32 Å². The van der Waals surface area contributed by atoms with E-state index in [4.69, 9.17) is 18.0 Å². The molecule has 0 unspecified atom stereocenters. The van der Waals surface area contributed by atoms with Crippen LogP contribution in [0.4, 0.5) is 18.9 Å². The number of carbonyl (C=O) groups is 1. The Bertz CT molecular complexity index is 558. The maximum absolute atomic E-state index is 12.9. The van der Waals surface area contributed by atoms with Gasteiger partial charge in [0.15, 0.2) is 0 Å². The molecule has 0 saturated carbocycles. The Morgan fingerprint density at radius 3 is 2.35 bits per heavy atom. The molecular formula is C12H12BrF3N2OS. The predicted octanol–water partition coefficient (Wildman–Crippen LogP) is 3.72. The number of amides is 1. The summed E-state index contributed by atoms with van der Waals surface area (Å²) in [5, 5.41) is 2.22. The molecule has 1 rings (SSSR count). The van der Waals surface area contributed by atoms with Gasteiger partial charge in [0, 0.05) is 4.47 Å². The summed E-state index contributed by atoms with van der Waals surface area (Å²) in [4.78, 5) is 11.9. The summed E-state index contributed by atoms with van der Waals surface area (Å²) >= 11 is 7.70. The maximum atomic E-state index is 12.9. The lowest BCUT2D eigenvalue weighted by Crippen LogP contribution is -2.41. The molecule has 0 aromatic heterocycles. The van der Waals surface area contributed by atoms with Crippen LogP contribution >= 0.6 is 28.1 Å². The van der Waals surface area contributed by atoms with Crippen LogP contribution in [-0.2, 0) is 11.0 Å². The quantitative estimate of drug-likeness (QED) is 0.799. The summed E-state index contributed by atoms with van der Waals surface area (Å²) in [6, 6.07) is 3.46. The van der Waals surface area contributed by atoms with Gasteiger partial charge in [0.1, 0.15) is 0 Å². The van der Waals surface area contributed by atoms with Crippen LogP contribution in [0, 0.1) is 5.41 Å². The molecule has 3 nitrogen and oxygen atoms in total. The van der Waals surface area contributed by atoms with E-state index < -0.39 is 23.1 Å². The average molecular weight is 369 g/mol. The van der Waals surface area contributed by atoms with Gasteiger partial charge in [0.25, 0.3) is 0 Å². The lowest BCUT2D eigenvalue weighted by molar-refractivity contribution is -0.137. The van der Waals surface area contributed by atoms with Gasteiger partial charge >= 0.3 is 6.18 Å². The van der Waals surface area contributed by atoms with E-state index in [9.17, 15) is 18.0 Å². The number of benzene rings is 1. The van der Waals surface area contributed by atoms with Crippen molar-refractivity contribution in [2.24, 2.45) is 11.1 Å². The molecule has 0 fully saturated rings. The first-order valence-corrected chi connectivity index (χ1v) is 6.64. The Morgan fingerprint density at radius 2 is 1.90 bits per heavy atom. The van der Waals surface area contributed by atoms with Crippen molar-refractivity contribution in [2.45, 2.75) is 20.0 Å². The summed E-state index contributed by atoms with van der Waals surface area (Å²) in [5.74, 6) is -0.696. The van der Waals surface area contributed by atoms with Gasteiger partial charge in [-0.15, -0.1) is 0 Å². The van der Waals surface area contributed by atoms with E-state index in [0.29, 0.717) is 0 Å². The zero-order valence-corrected chi connectivity index (χ0v) is 13.0. The summed E-state index contributed by atoms with van der Waals surface area (Å²) < 4.78 is 39.0. The van der Waals surface area contributed by atoms with E-state index in [-0.39, 0.29) is 15.1 Å². The predicted molar refractivity (Wildman–Crippen MR) is 78.3 cm³/mol. The number of carbonyl (C=O) groups excluding carboxylic acids is 1. The van der Waals surface area contributed by atoms with Crippen molar-refractivity contribution in [1.82, 2.24) is 0 Å². The summed E-state index contributed by atoms with van der Waals surface area (Å²) in [7, 11) is 0. The number of thiocarbonyl (C=S) groups is 1. The summed E-state index contributed by atoms with van der Waals surface area (Å²) in [6.45, 7) is 2.88. The third kappa shape index (κ3) is 3.69. The maximum Gasteiger partial charge on any atom is 0.418 e. The van der Waals surface area contributed by atoms with Gasteiger partial charge in [-0.3, -0.25) is 4.79 Å². The summed E-state index contributed by atoms with van der Waals surface area (Å²) in [6.07, 6.45) is -4.58. The van der Waals surface area contributed by atoms with Crippen LogP contribution in [0.25, 0.3) is 0 Å². The number of hydrogen-bond acceptors (Lipinski definition) is 2. The van der Waals surface area contributed by atoms with E-state index in [2.05, 4.69) is 21.2 Å². The van der Waals surface area contributed by atoms with E-state index in [1.54, 1.807) is 0 Å². The van der Waals surface area contributed by atoms with Crippen molar-refractivity contribution >= 4 is 44.7 Å². The molecule has 20 heavy (non-hydrogen) atoms. The van der Waals surface area contributed by atoms with Gasteiger partial charge in [0.2, 0.25) is 5.91 Å². The van der Waals surface area contributed by atoms with Gasteiger partial charge in [0.05, 0.1) is 21.7 Å². The summed E-state index contributed by atoms with van der Waals surface area (Å²) in [5.41, 5.74) is 2.89. The third-order valence-corrected chi connectivity index (χ3v) is 3.72. The van der Waals surface area contributed by atoms with Gasteiger partial charge in [-0.05, 0) is 32.0 Å². The van der Waals surface area contributed by atoms with E-state index in [1.165, 1.54) is 26.0 Å². The number of rotatable bonds is 3. The molecular weight excluding hydrogens is 357 g/mol. The number of anilines is 1. The van der Waals surface area contributed by atoms with Gasteiger partial charge in [-0.2, -0.15) is 13.2 Å². The van der Waals surface area contributed by atoms with Crippen LogP contribution in [0.5, 0.6) is 0 Å². The van der Waals surface area contributed by atoms with E-state index >= 15 is 0 Å². The minimum absolute atomic E-state index is 0.0966. The lowest BCUT2D eigenvalue weighted by atomic mass is 9.92. The highest BCUT2D eigenvalue weighted by Crippen LogP contribution is 2.37. The first-order chi connectivity index (χ1) is 8.96. The monoisotopic (exact) mass is 368 g/mol. The number of alkyl halides is 3. The molecule has 0 aliphatic rings. The molecule has 1 aromatic rings. The van der Waals surface area contributed by atoms with Crippen LogP contribution in [0.15, 0.2) is 22.7 Å². The minimum atomic E-state index is -4.58. The number of halogens is 4. The smallest absolute Gasteiger partial charge is 0.392 e. The highest BCUT2D eigenvalue weighted by molar-refractivity contribution is 9.10. The Hall–Kier alpha value is -1.15. The fraction of sp³-hybridized carbons (Fsp3) is 0.333. The molecule has 0 radical (unpaired) electrons. The molecule has 0 spiro atoms. The van der Waals surface area contributed by atoms with Crippen LogP contribution in [0.2, 0.25) is 0 Å². The highest BCUT2D eigenvalue weighted by atomic mass is 79.9. The average Bonchev–Trinajstić information content (AvgIpc) is 2.29. The molecule has 1 amide bonds. The molecule has 8 heteroatoms. The van der Waals surface area contributed by atoms with Crippen LogP contribution in [0.3, 0.4) is 0 Å². The highest BCUT2D eigenvalue weighted by Gasteiger charge is 2.36. The van der Waals surface area contributed by atoms with Crippen molar-refractivity contribution in [3.63, 3.8) is 0 Å². The van der Waals surface area contributed by atoms with Crippen LogP contribution < -0.4 is 11.1 Å². The topological polar surface area (TPSA) is 55.1 Å². The Kier molecular flexibility index (Phi) is 4.81. The van der Waals surface area contributed by atoms with Crippen molar-refractivity contribution < 1.29 is 18.0 Å². The SMILES string of the molecule is CC(C)(C(=O)Nc1ccc(Br)cc1C(F)(F)F)C(N)=S. The number of nitrogens with one attached hydrogen (secondary N) is 1. The van der Waals surface area contributed by atoms with Gasteiger partial charge in [-0.25, -0.2) is 0 Å². The molecule has 110 valence electrons. The first-order valence-electron chi connectivity index (χ1n) is 5.44. The number of hydrogen-bond donors (Lipinski definition) is 2. The second-order valence-corrected chi connectivity index (χ2v) is 5.99. The second-order valence-electron chi connectivity index (χ2n) is 4.63. The standard InChI is InChI=1S/C12H12BrF3N2OS/c1-11(2,9(17)20)10(19)18-8-4-3-6(13)5-7(8)12(14,15)16/h3-5H,1-2H3,(H2,17,20)(H,18,19). The second kappa shape index (κ2) is 5.69. The lowest BCUT2D eigenvalue weighted by Gasteiger charge is -2.23. The van der Waals surface area contributed by atoms with Gasteiger partial charge in [-0.1, -0.05) is 28.1 Å². The fourth-order valence-electron chi connectivity index (χ4n) is 1.25. The molecule has 3 N–H and O–H groups in total. The number of nitrogens with two attached hydrogens (primary N) is 1. The van der Waals surface area contributed by atoms with E-state index in [1.807, 2.05) is 0 Å². The normalized spacial score (nSPS) is 12.1. The Balaban J connectivity index is 3.17. The first kappa shape index (κ1) is 16.9. The minimum Gasteiger partial charge on any atom is -0.392 e. The molecule has 0 aliphatic carbocycles. The van der Waals surface area contributed by atoms with Crippen LogP contribution in [0.1, 0.15) is 19.4 Å². The van der Waals surface area contributed by atoms with Crippen molar-refractivity contribution in [3.8, 4) is 0 Å². The van der Waals surface area contributed by atoms with Gasteiger partial charge < -0.3 is 11.1 Å². The Morgan fingerprint density at radius 1 is 1.35 bits per heavy atom. The molecule has 0 saturated heterocycles. The zero-order valence-electron chi connectivity index (χ0n) is 10.6. The van der Waals surface area contributed by atoms with Crippen LogP contribution in [-0.4, -0.2) is 10.9 Å². The zero-order chi connectivity index (χ0) is 15.7. The molecule has 0 aliphatic heterocycles. The van der Waals surface area contributed by atoms with Crippen molar-refractivity contribution in [1.29, 1.82) is 0 Å². The Labute approximate surface area is 127 Å². The molecule has 1 aromatic carbocycles. The molecule has 0 heterocycles. The largest absolute Gasteiger partial charge is 0.418 e. The molecule has 0 bridgehead atoms.